The molecule has 2 saturated heterocycles. The molecule has 1 aliphatic carbocycles. The Morgan fingerprint density at radius 1 is 0.785 bits per heavy atom. The van der Waals surface area contributed by atoms with Crippen molar-refractivity contribution in [3.05, 3.63) is 144 Å². The molecule has 79 heavy (non-hydrogen) atoms. The minimum absolute atomic E-state index is 0.0503. The molecule has 4 aromatic rings. The van der Waals surface area contributed by atoms with Crippen LogP contribution in [-0.2, 0) is 49.0 Å². The van der Waals surface area contributed by atoms with E-state index in [0.29, 0.717) is 37.4 Å². The average Bonchev–Trinajstić information content (AvgIpc) is 3.50. The van der Waals surface area contributed by atoms with Gasteiger partial charge in [0.2, 0.25) is 0 Å². The SMILES string of the molecule is CC[Si](CC)(CC)O[C@H](/C(C)=C/[C@@H]1CC[C@@H](O[Si](c2ccccc2)(c2ccccc2)C(C)(C)C)[C@H](OC)C1)[C@H](C)[C@@H]1C[C@@]2(OC[C@H](OCc3ccc(OC)cc3)C[C@@H]2/C=C(\C)C[C@H](C)CS(=O)(=O)c2ccccc2)OC(C)(C)O1. The summed E-state index contributed by atoms with van der Waals surface area (Å²) in [5, 5.41) is 2.41. The van der Waals surface area contributed by atoms with Gasteiger partial charge in [0.1, 0.15) is 5.75 Å². The molecule has 0 aromatic heterocycles. The molecule has 0 N–H and O–H groups in total. The van der Waals surface area contributed by atoms with Gasteiger partial charge in [-0.15, -0.1) is 0 Å². The number of benzene rings is 4. The van der Waals surface area contributed by atoms with Gasteiger partial charge in [0.05, 0.1) is 61.5 Å². The topological polar surface area (TPSA) is 108 Å². The van der Waals surface area contributed by atoms with Crippen LogP contribution in [0.15, 0.2) is 143 Å². The van der Waals surface area contributed by atoms with E-state index >= 15 is 0 Å². The average molecular weight is 1140 g/mol. The molecular formula is C66H96O10SSi2. The smallest absolute Gasteiger partial charge is 0.261 e. The maximum Gasteiger partial charge on any atom is 0.261 e. The quantitative estimate of drug-likeness (QED) is 0.0497. The van der Waals surface area contributed by atoms with Crippen molar-refractivity contribution in [2.75, 3.05) is 26.6 Å². The zero-order valence-corrected chi connectivity index (χ0v) is 53.1. The Morgan fingerprint density at radius 3 is 1.94 bits per heavy atom. The van der Waals surface area contributed by atoms with Crippen LogP contribution >= 0.6 is 0 Å². The van der Waals surface area contributed by atoms with E-state index in [1.54, 1.807) is 31.4 Å². The van der Waals surface area contributed by atoms with E-state index in [-0.39, 0.29) is 65.0 Å². The largest absolute Gasteiger partial charge is 0.497 e. The van der Waals surface area contributed by atoms with E-state index in [1.807, 2.05) is 58.2 Å². The van der Waals surface area contributed by atoms with Gasteiger partial charge < -0.3 is 37.3 Å². The number of sulfone groups is 1. The van der Waals surface area contributed by atoms with Crippen LogP contribution in [0.3, 0.4) is 0 Å². The molecule has 13 heteroatoms. The molecule has 10 nitrogen and oxygen atoms in total. The van der Waals surface area contributed by atoms with Gasteiger partial charge in [0, 0.05) is 25.4 Å². The van der Waals surface area contributed by atoms with Crippen LogP contribution in [0.2, 0.25) is 23.2 Å². The van der Waals surface area contributed by atoms with Crippen molar-refractivity contribution < 1.29 is 45.7 Å². The number of allylic oxidation sites excluding steroid dienone is 2. The highest BCUT2D eigenvalue weighted by molar-refractivity contribution is 7.91. The Kier molecular flexibility index (Phi) is 21.6. The molecular weight excluding hydrogens is 1040 g/mol. The van der Waals surface area contributed by atoms with E-state index in [2.05, 4.69) is 135 Å². The van der Waals surface area contributed by atoms with Crippen molar-refractivity contribution in [2.24, 2.45) is 23.7 Å². The van der Waals surface area contributed by atoms with E-state index in [4.69, 9.17) is 37.3 Å². The Bertz CT molecular complexity index is 2640. The molecule has 0 unspecified atom stereocenters. The third-order valence-electron chi connectivity index (χ3n) is 17.5. The fourth-order valence-electron chi connectivity index (χ4n) is 13.1. The molecule has 1 saturated carbocycles. The number of rotatable bonds is 24. The maximum absolute atomic E-state index is 13.5. The second-order valence-corrected chi connectivity index (χ2v) is 35.8. The van der Waals surface area contributed by atoms with Gasteiger partial charge in [0.15, 0.2) is 29.7 Å². The van der Waals surface area contributed by atoms with Crippen molar-refractivity contribution in [1.29, 1.82) is 0 Å². The zero-order valence-electron chi connectivity index (χ0n) is 50.3. The fraction of sp³-hybridized carbons (Fsp3) is 0.576. The lowest BCUT2D eigenvalue weighted by atomic mass is 9.78. The molecule has 0 radical (unpaired) electrons. The fourth-order valence-corrected chi connectivity index (χ4v) is 22.5. The van der Waals surface area contributed by atoms with Crippen LogP contribution in [0.25, 0.3) is 0 Å². The summed E-state index contributed by atoms with van der Waals surface area (Å²) in [7, 11) is -4.94. The summed E-state index contributed by atoms with van der Waals surface area (Å²) in [5.74, 6) is -1.36. The minimum Gasteiger partial charge on any atom is -0.497 e. The van der Waals surface area contributed by atoms with Crippen LogP contribution in [0.1, 0.15) is 127 Å². The normalized spacial score (nSPS) is 25.6. The number of hydrogen-bond donors (Lipinski definition) is 0. The molecule has 2 heterocycles. The second kappa shape index (κ2) is 27.1. The van der Waals surface area contributed by atoms with Crippen LogP contribution in [0.4, 0.5) is 0 Å². The summed E-state index contributed by atoms with van der Waals surface area (Å²) < 4.78 is 82.4. The lowest BCUT2D eigenvalue weighted by molar-refractivity contribution is -0.429. The maximum atomic E-state index is 13.5. The first-order valence-corrected chi connectivity index (χ1v) is 35.5. The molecule has 7 rings (SSSR count). The summed E-state index contributed by atoms with van der Waals surface area (Å²) in [6.45, 7) is 27.5. The lowest BCUT2D eigenvalue weighted by Gasteiger charge is -2.55. The molecule has 434 valence electrons. The molecule has 3 fully saturated rings. The first-order valence-electron chi connectivity index (χ1n) is 29.4. The third kappa shape index (κ3) is 15.3. The molecule has 0 amide bonds. The molecule has 1 spiro atoms. The van der Waals surface area contributed by atoms with Crippen molar-refractivity contribution in [3.8, 4) is 5.75 Å². The van der Waals surface area contributed by atoms with Crippen molar-refractivity contribution >= 4 is 36.8 Å². The molecule has 0 bridgehead atoms. The van der Waals surface area contributed by atoms with Gasteiger partial charge in [-0.05, 0) is 141 Å². The molecule has 2 aliphatic heterocycles. The standard InChI is InChI=1S/C66H96O10SSi2/c1-15-78(16-2,17-3)75-63(50(6)41-53-35-38-60(61(42-53)70-14)74-79(64(8,9)10,58-29-23-19-24-30-58)59-31-25-20-26-32-59)51(7)62-44-66(76-65(11,12)73-62)54(43-56(46-72-66)71-45-52-33-36-55(69-13)37-34-52)40-48(4)39-49(5)47-77(67,68)57-27-21-18-22-28-57/h18-34,36-37,40-41,49,51,53-54,56,60-63H,15-17,35,38-39,42-47H2,1-14H3/b48-40+,50-41+/t49-,51+,53-,54-,56+,60+,61+,62-,63+,66+/m0/s1. The molecule has 3 aliphatic rings. The summed E-state index contributed by atoms with van der Waals surface area (Å²) >= 11 is 0. The second-order valence-electron chi connectivity index (χ2n) is 24.7. The summed E-state index contributed by atoms with van der Waals surface area (Å²) in [6, 6.07) is 41.6. The Balaban J connectivity index is 1.17. The van der Waals surface area contributed by atoms with E-state index in [9.17, 15) is 8.42 Å². The van der Waals surface area contributed by atoms with Crippen molar-refractivity contribution in [2.45, 2.75) is 198 Å². The minimum atomic E-state index is -3.47. The van der Waals surface area contributed by atoms with Gasteiger partial charge in [0.25, 0.3) is 8.32 Å². The van der Waals surface area contributed by atoms with Crippen molar-refractivity contribution in [1.82, 2.24) is 0 Å². The third-order valence-corrected chi connectivity index (χ3v) is 29.2. The van der Waals surface area contributed by atoms with E-state index in [1.165, 1.54) is 15.9 Å². The Morgan fingerprint density at radius 2 is 1.38 bits per heavy atom. The van der Waals surface area contributed by atoms with Gasteiger partial charge in [-0.25, -0.2) is 8.42 Å². The Labute approximate surface area is 478 Å². The molecule has 10 atom stereocenters. The van der Waals surface area contributed by atoms with Gasteiger partial charge in [-0.2, -0.15) is 0 Å². The lowest BCUT2D eigenvalue weighted by Crippen LogP contribution is -2.68. The summed E-state index contributed by atoms with van der Waals surface area (Å²) in [5.41, 5.74) is 3.36. The first kappa shape index (κ1) is 62.9. The Hall–Kier alpha value is -3.74. The first-order chi connectivity index (χ1) is 37.5. The zero-order chi connectivity index (χ0) is 57.2. The monoisotopic (exact) mass is 1140 g/mol. The van der Waals surface area contributed by atoms with Crippen LogP contribution in [-0.4, -0.2) is 93.7 Å². The van der Waals surface area contributed by atoms with E-state index < -0.39 is 38.0 Å². The van der Waals surface area contributed by atoms with Crippen LogP contribution in [0, 0.1) is 23.7 Å². The predicted octanol–water partition coefficient (Wildman–Crippen LogP) is 14.0. The van der Waals surface area contributed by atoms with E-state index in [0.717, 1.165) is 54.3 Å². The molecule has 4 aromatic carbocycles. The summed E-state index contributed by atoms with van der Waals surface area (Å²) in [6.07, 6.45) is 8.35. The highest BCUT2D eigenvalue weighted by Crippen LogP contribution is 2.49. The van der Waals surface area contributed by atoms with Crippen LogP contribution in [0.5, 0.6) is 5.75 Å². The van der Waals surface area contributed by atoms with Crippen LogP contribution < -0.4 is 15.1 Å². The van der Waals surface area contributed by atoms with Gasteiger partial charge in [-0.3, -0.25) is 0 Å². The van der Waals surface area contributed by atoms with Crippen molar-refractivity contribution in [3.63, 3.8) is 0 Å². The number of hydrogen-bond acceptors (Lipinski definition) is 10. The highest BCUT2D eigenvalue weighted by Gasteiger charge is 2.56. The number of ether oxygens (including phenoxy) is 6. The van der Waals surface area contributed by atoms with Gasteiger partial charge >= 0.3 is 0 Å². The number of methoxy groups -OCH3 is 2. The summed E-state index contributed by atoms with van der Waals surface area (Å²) in [4.78, 5) is 0.352. The van der Waals surface area contributed by atoms with Gasteiger partial charge in [-0.1, -0.05) is 164 Å². The highest BCUT2D eigenvalue weighted by atomic mass is 32.2. The predicted molar refractivity (Wildman–Crippen MR) is 325 cm³/mol.